The van der Waals surface area contributed by atoms with Gasteiger partial charge in [-0.3, -0.25) is 0 Å². The van der Waals surface area contributed by atoms with Crippen molar-refractivity contribution in [2.45, 2.75) is 6.61 Å². The average Bonchev–Trinajstić information content (AvgIpc) is 2.33. The Morgan fingerprint density at radius 3 is 2.88 bits per heavy atom. The zero-order chi connectivity index (χ0) is 12.3. The highest BCUT2D eigenvalue weighted by Gasteiger charge is 2.07. The monoisotopic (exact) mass is 253 g/mol. The lowest BCUT2D eigenvalue weighted by Crippen LogP contribution is -1.92. The van der Waals surface area contributed by atoms with Crippen molar-refractivity contribution in [3.05, 3.63) is 52.9 Å². The molecule has 1 aromatic heterocycles. The summed E-state index contributed by atoms with van der Waals surface area (Å²) in [6.45, 7) is -0.103. The minimum atomic E-state index is -0.632. The van der Waals surface area contributed by atoms with Gasteiger partial charge in [0.1, 0.15) is 5.75 Å². The molecule has 1 aromatic carbocycles. The molecule has 0 aliphatic heterocycles. The van der Waals surface area contributed by atoms with E-state index in [0.717, 1.165) is 6.07 Å². The number of benzene rings is 1. The molecule has 0 amide bonds. The van der Waals surface area contributed by atoms with Gasteiger partial charge in [0, 0.05) is 6.20 Å². The molecule has 2 aromatic rings. The normalized spacial score (nSPS) is 10.3. The first-order chi connectivity index (χ1) is 8.19. The Bertz CT molecular complexity index is 534. The van der Waals surface area contributed by atoms with Gasteiger partial charge in [-0.05, 0) is 23.8 Å². The molecule has 0 aliphatic carbocycles. The number of aromatic nitrogens is 1. The van der Waals surface area contributed by atoms with Crippen molar-refractivity contribution in [2.75, 3.05) is 0 Å². The molecule has 0 atom stereocenters. The van der Waals surface area contributed by atoms with Gasteiger partial charge >= 0.3 is 0 Å². The van der Waals surface area contributed by atoms with Crippen LogP contribution >= 0.6 is 11.6 Å². The number of pyridine rings is 1. The second-order valence-corrected chi connectivity index (χ2v) is 3.78. The molecule has 0 aliphatic rings. The van der Waals surface area contributed by atoms with E-state index in [0.29, 0.717) is 11.3 Å². The summed E-state index contributed by atoms with van der Waals surface area (Å²) in [5, 5.41) is 9.16. The van der Waals surface area contributed by atoms with Gasteiger partial charge in [-0.15, -0.1) is 0 Å². The van der Waals surface area contributed by atoms with Crippen LogP contribution in [-0.2, 0) is 6.61 Å². The molecule has 1 heterocycles. The molecule has 17 heavy (non-hydrogen) atoms. The summed E-state index contributed by atoms with van der Waals surface area (Å²) in [4.78, 5) is 3.74. The number of ether oxygens (including phenoxy) is 1. The average molecular weight is 254 g/mol. The molecule has 0 fully saturated rings. The third kappa shape index (κ3) is 2.93. The van der Waals surface area contributed by atoms with E-state index in [1.54, 1.807) is 24.3 Å². The van der Waals surface area contributed by atoms with Gasteiger partial charge in [-0.1, -0.05) is 23.7 Å². The minimum absolute atomic E-state index is 0.103. The minimum Gasteiger partial charge on any atom is -0.436 e. The third-order valence-corrected chi connectivity index (χ3v) is 2.28. The largest absolute Gasteiger partial charge is 0.436 e. The van der Waals surface area contributed by atoms with Crippen molar-refractivity contribution in [1.29, 1.82) is 0 Å². The van der Waals surface area contributed by atoms with E-state index in [1.807, 2.05) is 0 Å². The Balaban J connectivity index is 2.25. The molecule has 0 unspecified atom stereocenters. The van der Waals surface area contributed by atoms with Gasteiger partial charge in [0.2, 0.25) is 0 Å². The van der Waals surface area contributed by atoms with E-state index in [-0.39, 0.29) is 17.5 Å². The van der Waals surface area contributed by atoms with Gasteiger partial charge in [-0.2, -0.15) is 0 Å². The molecule has 5 heteroatoms. The highest BCUT2D eigenvalue weighted by Crippen LogP contribution is 2.24. The molecular formula is C12H9ClFNO2. The van der Waals surface area contributed by atoms with Crippen molar-refractivity contribution >= 4 is 11.6 Å². The van der Waals surface area contributed by atoms with Gasteiger partial charge in [0.25, 0.3) is 5.88 Å². The Labute approximate surface area is 102 Å². The summed E-state index contributed by atoms with van der Waals surface area (Å²) in [5.74, 6) is -0.373. The number of nitrogens with zero attached hydrogens (tertiary/aromatic N) is 1. The van der Waals surface area contributed by atoms with Crippen molar-refractivity contribution in [3.63, 3.8) is 0 Å². The fourth-order valence-electron chi connectivity index (χ4n) is 1.30. The summed E-state index contributed by atoms with van der Waals surface area (Å²) < 4.78 is 18.6. The SMILES string of the molecule is OCc1cccc(Oc2ncc(Cl)cc2F)c1. The predicted molar refractivity (Wildman–Crippen MR) is 61.6 cm³/mol. The van der Waals surface area contributed by atoms with E-state index in [4.69, 9.17) is 21.4 Å². The maximum absolute atomic E-state index is 13.4. The van der Waals surface area contributed by atoms with Gasteiger partial charge < -0.3 is 9.84 Å². The maximum atomic E-state index is 13.4. The lowest BCUT2D eigenvalue weighted by molar-refractivity contribution is 0.281. The van der Waals surface area contributed by atoms with Gasteiger partial charge in [0.05, 0.1) is 11.6 Å². The standard InChI is InChI=1S/C12H9ClFNO2/c13-9-5-11(14)12(15-6-9)17-10-3-1-2-8(4-10)7-16/h1-6,16H,7H2. The van der Waals surface area contributed by atoms with Crippen LogP contribution in [0, 0.1) is 5.82 Å². The predicted octanol–water partition coefficient (Wildman–Crippen LogP) is 3.16. The number of hydrogen-bond donors (Lipinski definition) is 1. The molecule has 3 nitrogen and oxygen atoms in total. The van der Waals surface area contributed by atoms with Crippen LogP contribution in [0.25, 0.3) is 0 Å². The lowest BCUT2D eigenvalue weighted by Gasteiger charge is -2.06. The Kier molecular flexibility index (Phi) is 3.56. The molecule has 0 saturated heterocycles. The summed E-state index contributed by atoms with van der Waals surface area (Å²) in [6.07, 6.45) is 1.30. The quantitative estimate of drug-likeness (QED) is 0.914. The van der Waals surface area contributed by atoms with Gasteiger partial charge in [-0.25, -0.2) is 9.37 Å². The molecule has 2 rings (SSSR count). The zero-order valence-electron chi connectivity index (χ0n) is 8.73. The van der Waals surface area contributed by atoms with Crippen LogP contribution in [0.15, 0.2) is 36.5 Å². The van der Waals surface area contributed by atoms with Gasteiger partial charge in [0.15, 0.2) is 5.82 Å². The summed E-state index contributed by atoms with van der Waals surface area (Å²) in [7, 11) is 0. The number of aliphatic hydroxyl groups is 1. The van der Waals surface area contributed by atoms with E-state index < -0.39 is 5.82 Å². The highest BCUT2D eigenvalue weighted by atomic mass is 35.5. The van der Waals surface area contributed by atoms with Crippen LogP contribution in [0.2, 0.25) is 5.02 Å². The van der Waals surface area contributed by atoms with E-state index in [2.05, 4.69) is 4.98 Å². The van der Waals surface area contributed by atoms with Crippen molar-refractivity contribution < 1.29 is 14.2 Å². The van der Waals surface area contributed by atoms with Crippen LogP contribution in [-0.4, -0.2) is 10.1 Å². The van der Waals surface area contributed by atoms with Crippen LogP contribution in [0.1, 0.15) is 5.56 Å². The lowest BCUT2D eigenvalue weighted by atomic mass is 10.2. The molecule has 1 N–H and O–H groups in total. The van der Waals surface area contributed by atoms with Crippen molar-refractivity contribution in [2.24, 2.45) is 0 Å². The Morgan fingerprint density at radius 1 is 1.35 bits per heavy atom. The zero-order valence-corrected chi connectivity index (χ0v) is 9.49. The molecule has 0 bridgehead atoms. The smallest absolute Gasteiger partial charge is 0.255 e. The second-order valence-electron chi connectivity index (χ2n) is 3.35. The van der Waals surface area contributed by atoms with E-state index in [1.165, 1.54) is 6.20 Å². The van der Waals surface area contributed by atoms with Crippen molar-refractivity contribution in [1.82, 2.24) is 4.98 Å². The number of hydrogen-bond acceptors (Lipinski definition) is 3. The van der Waals surface area contributed by atoms with Crippen LogP contribution in [0.4, 0.5) is 4.39 Å². The first-order valence-corrected chi connectivity index (χ1v) is 5.25. The molecule has 0 saturated carbocycles. The second kappa shape index (κ2) is 5.12. The summed E-state index contributed by atoms with van der Waals surface area (Å²) in [5.41, 5.74) is 0.678. The molecule has 0 spiro atoms. The first-order valence-electron chi connectivity index (χ1n) is 4.88. The number of aliphatic hydroxyl groups excluding tert-OH is 1. The summed E-state index contributed by atoms with van der Waals surface area (Å²) in [6, 6.07) is 7.82. The topological polar surface area (TPSA) is 42.4 Å². The number of rotatable bonds is 3. The van der Waals surface area contributed by atoms with Crippen LogP contribution in [0.5, 0.6) is 11.6 Å². The molecule has 88 valence electrons. The summed E-state index contributed by atoms with van der Waals surface area (Å²) >= 11 is 5.58. The maximum Gasteiger partial charge on any atom is 0.255 e. The Hall–Kier alpha value is -1.65. The highest BCUT2D eigenvalue weighted by molar-refractivity contribution is 6.30. The third-order valence-electron chi connectivity index (χ3n) is 2.07. The fraction of sp³-hybridized carbons (Fsp3) is 0.0833. The van der Waals surface area contributed by atoms with Crippen molar-refractivity contribution in [3.8, 4) is 11.6 Å². The molecular weight excluding hydrogens is 245 g/mol. The molecule has 0 radical (unpaired) electrons. The number of halogens is 2. The first kappa shape index (κ1) is 11.8. The Morgan fingerprint density at radius 2 is 2.18 bits per heavy atom. The van der Waals surface area contributed by atoms with Crippen LogP contribution < -0.4 is 4.74 Å². The fourth-order valence-corrected chi connectivity index (χ4v) is 1.44. The van der Waals surface area contributed by atoms with Crippen LogP contribution in [0.3, 0.4) is 0 Å². The van der Waals surface area contributed by atoms with E-state index >= 15 is 0 Å². The van der Waals surface area contributed by atoms with E-state index in [9.17, 15) is 4.39 Å².